The van der Waals surface area contributed by atoms with Crippen molar-refractivity contribution in [3.8, 4) is 5.88 Å². The third kappa shape index (κ3) is 4.04. The molecule has 140 valence electrons. The van der Waals surface area contributed by atoms with Gasteiger partial charge in [0.1, 0.15) is 11.1 Å². The molecule has 3 aromatic rings. The lowest BCUT2D eigenvalue weighted by molar-refractivity contribution is 0.188. The lowest BCUT2D eigenvalue weighted by Gasteiger charge is -2.09. The molecule has 0 radical (unpaired) electrons. The highest BCUT2D eigenvalue weighted by molar-refractivity contribution is 5.86. The number of H-pyrrole nitrogens is 1. The van der Waals surface area contributed by atoms with Crippen molar-refractivity contribution >= 4 is 22.9 Å². The molecule has 0 unspecified atom stereocenters. The first-order valence-electron chi connectivity index (χ1n) is 8.12. The number of methoxy groups -OCH3 is 1. The molecule has 0 aliphatic carbocycles. The Balaban J connectivity index is 1.95. The Morgan fingerprint density at radius 3 is 2.85 bits per heavy atom. The van der Waals surface area contributed by atoms with Gasteiger partial charge in [0.05, 0.1) is 5.69 Å². The minimum absolute atomic E-state index is 0.133. The number of benzene rings is 1. The van der Waals surface area contributed by atoms with Gasteiger partial charge in [-0.25, -0.2) is 9.59 Å². The summed E-state index contributed by atoms with van der Waals surface area (Å²) in [7, 11) is 1.53. The van der Waals surface area contributed by atoms with Crippen molar-refractivity contribution in [2.45, 2.75) is 13.0 Å². The quantitative estimate of drug-likeness (QED) is 0.380. The van der Waals surface area contributed by atoms with E-state index in [9.17, 15) is 19.5 Å². The summed E-state index contributed by atoms with van der Waals surface area (Å²) in [5.74, 6) is -0.463. The van der Waals surface area contributed by atoms with E-state index in [0.29, 0.717) is 29.7 Å². The predicted molar refractivity (Wildman–Crippen MR) is 99.2 cm³/mol. The van der Waals surface area contributed by atoms with Gasteiger partial charge in [0.2, 0.25) is 5.88 Å². The molecule has 0 bridgehead atoms. The number of aromatic nitrogens is 2. The van der Waals surface area contributed by atoms with E-state index < -0.39 is 22.8 Å². The molecule has 2 N–H and O–H groups in total. The van der Waals surface area contributed by atoms with Crippen LogP contribution in [-0.4, -0.2) is 34.6 Å². The Morgan fingerprint density at radius 2 is 2.07 bits per heavy atom. The maximum Gasteiger partial charge on any atom is 0.336 e. The van der Waals surface area contributed by atoms with Crippen LogP contribution in [0.3, 0.4) is 0 Å². The first-order valence-corrected chi connectivity index (χ1v) is 8.12. The minimum Gasteiger partial charge on any atom is -0.494 e. The molecule has 0 saturated heterocycles. The van der Waals surface area contributed by atoms with E-state index >= 15 is 0 Å². The topological polar surface area (TPSA) is 127 Å². The average molecular weight is 371 g/mol. The highest BCUT2D eigenvalue weighted by Gasteiger charge is 2.12. The Kier molecular flexibility index (Phi) is 5.32. The molecule has 0 aliphatic rings. The fourth-order valence-electron chi connectivity index (χ4n) is 2.54. The summed E-state index contributed by atoms with van der Waals surface area (Å²) < 4.78 is 11.0. The van der Waals surface area contributed by atoms with Gasteiger partial charge in [-0.1, -0.05) is 0 Å². The Bertz CT molecular complexity index is 1170. The number of aromatic hydroxyl groups is 1. The van der Waals surface area contributed by atoms with E-state index in [1.807, 2.05) is 0 Å². The van der Waals surface area contributed by atoms with E-state index in [4.69, 9.17) is 9.15 Å². The van der Waals surface area contributed by atoms with E-state index in [-0.39, 0.29) is 12.1 Å². The fraction of sp³-hybridized carbons (Fsp3) is 0.222. The smallest absolute Gasteiger partial charge is 0.336 e. The summed E-state index contributed by atoms with van der Waals surface area (Å²) in [5, 5.41) is 11.0. The first kappa shape index (κ1) is 18.3. The number of nitrogens with zero attached hydrogens (tertiary/aromatic N) is 2. The maximum absolute atomic E-state index is 12.0. The van der Waals surface area contributed by atoms with E-state index in [0.717, 1.165) is 4.57 Å². The van der Waals surface area contributed by atoms with Gasteiger partial charge in [-0.2, -0.15) is 0 Å². The molecule has 0 atom stereocenters. The number of hydrogen-bond donors (Lipinski definition) is 2. The first-order chi connectivity index (χ1) is 13.0. The minimum atomic E-state index is -0.740. The molecular formula is C18H17N3O6. The van der Waals surface area contributed by atoms with Gasteiger partial charge in [-0.15, -0.1) is 0 Å². The molecule has 0 fully saturated rings. The molecule has 1 aromatic carbocycles. The average Bonchev–Trinajstić information content (AvgIpc) is 2.64. The third-order valence-corrected chi connectivity index (χ3v) is 3.88. The summed E-state index contributed by atoms with van der Waals surface area (Å²) in [6.07, 6.45) is 1.67. The lowest BCUT2D eigenvalue weighted by Crippen LogP contribution is -2.32. The highest BCUT2D eigenvalue weighted by atomic mass is 16.5. The number of hydrogen-bond acceptors (Lipinski definition) is 7. The normalized spacial score (nSPS) is 11.4. The van der Waals surface area contributed by atoms with Crippen LogP contribution < -0.4 is 16.9 Å². The number of fused-ring (bicyclic) bond motifs is 1. The third-order valence-electron chi connectivity index (χ3n) is 3.88. The van der Waals surface area contributed by atoms with Crippen LogP contribution in [0.2, 0.25) is 0 Å². The van der Waals surface area contributed by atoms with Crippen molar-refractivity contribution in [2.75, 3.05) is 13.7 Å². The molecule has 0 amide bonds. The van der Waals surface area contributed by atoms with Crippen LogP contribution in [0.15, 0.2) is 54.1 Å². The van der Waals surface area contributed by atoms with Crippen LogP contribution in [0.1, 0.15) is 12.0 Å². The van der Waals surface area contributed by atoms with Crippen molar-refractivity contribution in [3.05, 3.63) is 67.2 Å². The molecule has 0 spiro atoms. The van der Waals surface area contributed by atoms with Gasteiger partial charge in [0.15, 0.2) is 0 Å². The van der Waals surface area contributed by atoms with Crippen molar-refractivity contribution in [3.63, 3.8) is 0 Å². The number of aliphatic imine (C=N–C) groups is 1. The second-order valence-corrected chi connectivity index (χ2v) is 5.73. The summed E-state index contributed by atoms with van der Waals surface area (Å²) >= 11 is 0. The molecular weight excluding hydrogens is 354 g/mol. The summed E-state index contributed by atoms with van der Waals surface area (Å²) in [6, 6.07) is 7.73. The second kappa shape index (κ2) is 7.83. The lowest BCUT2D eigenvalue weighted by atomic mass is 10.2. The van der Waals surface area contributed by atoms with Gasteiger partial charge in [-0.3, -0.25) is 19.3 Å². The predicted octanol–water partition coefficient (Wildman–Crippen LogP) is 1.14. The Hall–Kier alpha value is -3.46. The molecule has 3 rings (SSSR count). The van der Waals surface area contributed by atoms with E-state index in [1.54, 1.807) is 24.3 Å². The van der Waals surface area contributed by atoms with Crippen LogP contribution >= 0.6 is 0 Å². The van der Waals surface area contributed by atoms with Crippen LogP contribution in [0, 0.1) is 0 Å². The summed E-state index contributed by atoms with van der Waals surface area (Å²) in [5.41, 5.74) is -1.14. The number of ether oxygens (including phenoxy) is 1. The van der Waals surface area contributed by atoms with Crippen molar-refractivity contribution < 1.29 is 14.3 Å². The van der Waals surface area contributed by atoms with Gasteiger partial charge >= 0.3 is 11.3 Å². The standard InChI is InChI=1S/C18H17N3O6/c1-26-8-2-7-21-17(24)13(16(23)20-18(21)25)10-19-12-4-5-14-11(9-12)3-6-15(22)27-14/h3-6,9-10,24H,2,7-8H2,1H3,(H,20,23,25). The van der Waals surface area contributed by atoms with Crippen LogP contribution in [0.5, 0.6) is 5.88 Å². The summed E-state index contributed by atoms with van der Waals surface area (Å²) in [4.78, 5) is 41.4. The Morgan fingerprint density at radius 1 is 1.26 bits per heavy atom. The Labute approximate surface area is 152 Å². The second-order valence-electron chi connectivity index (χ2n) is 5.73. The maximum atomic E-state index is 12.0. The number of rotatable bonds is 6. The van der Waals surface area contributed by atoms with Gasteiger partial charge in [-0.05, 0) is 30.7 Å². The van der Waals surface area contributed by atoms with Crippen molar-refractivity contribution in [1.29, 1.82) is 0 Å². The van der Waals surface area contributed by atoms with Gasteiger partial charge in [0, 0.05) is 37.9 Å². The van der Waals surface area contributed by atoms with Crippen LogP contribution in [0.25, 0.3) is 11.0 Å². The molecule has 0 saturated carbocycles. The van der Waals surface area contributed by atoms with Crippen molar-refractivity contribution in [2.24, 2.45) is 4.99 Å². The molecule has 2 heterocycles. The van der Waals surface area contributed by atoms with Crippen molar-refractivity contribution in [1.82, 2.24) is 9.55 Å². The fourth-order valence-corrected chi connectivity index (χ4v) is 2.54. The van der Waals surface area contributed by atoms with E-state index in [2.05, 4.69) is 9.98 Å². The van der Waals surface area contributed by atoms with E-state index in [1.165, 1.54) is 19.4 Å². The number of aromatic amines is 1. The monoisotopic (exact) mass is 371 g/mol. The molecule has 2 aromatic heterocycles. The van der Waals surface area contributed by atoms with Crippen LogP contribution in [-0.2, 0) is 11.3 Å². The molecule has 9 heteroatoms. The largest absolute Gasteiger partial charge is 0.494 e. The summed E-state index contributed by atoms with van der Waals surface area (Å²) in [6.45, 7) is 0.590. The zero-order chi connectivity index (χ0) is 19.4. The zero-order valence-electron chi connectivity index (χ0n) is 14.5. The van der Waals surface area contributed by atoms with Gasteiger partial charge in [0.25, 0.3) is 5.56 Å². The zero-order valence-corrected chi connectivity index (χ0v) is 14.5. The SMILES string of the molecule is COCCCn1c(O)c(C=Nc2ccc3oc(=O)ccc3c2)c(=O)[nH]c1=O. The molecule has 0 aliphatic heterocycles. The molecule has 27 heavy (non-hydrogen) atoms. The highest BCUT2D eigenvalue weighted by Crippen LogP contribution is 2.20. The van der Waals surface area contributed by atoms with Crippen LogP contribution in [0.4, 0.5) is 5.69 Å². The molecule has 9 nitrogen and oxygen atoms in total. The van der Waals surface area contributed by atoms with Gasteiger partial charge < -0.3 is 14.3 Å². The number of nitrogens with one attached hydrogen (secondary N) is 1.